The van der Waals surface area contributed by atoms with Crippen LogP contribution in [0, 0.1) is 0 Å². The maximum absolute atomic E-state index is 6.17. The number of rotatable bonds is 5. The molecule has 106 valence electrons. The van der Waals surface area contributed by atoms with Crippen LogP contribution in [0.1, 0.15) is 5.56 Å². The zero-order valence-electron chi connectivity index (χ0n) is 11.2. The van der Waals surface area contributed by atoms with Crippen molar-refractivity contribution in [1.82, 2.24) is 0 Å². The van der Waals surface area contributed by atoms with E-state index >= 15 is 0 Å². The van der Waals surface area contributed by atoms with Crippen molar-refractivity contribution < 1.29 is 9.47 Å². The van der Waals surface area contributed by atoms with Crippen LogP contribution in [0.3, 0.4) is 0 Å². The second kappa shape index (κ2) is 6.86. The fraction of sp³-hybridized carbons (Fsp3) is 0.200. The number of ether oxygens (including phenoxy) is 2. The number of hydrogen-bond acceptors (Lipinski definition) is 3. The van der Waals surface area contributed by atoms with Gasteiger partial charge in [0.15, 0.2) is 0 Å². The average Bonchev–Trinajstić information content (AvgIpc) is 2.48. The Morgan fingerprint density at radius 1 is 1.10 bits per heavy atom. The maximum atomic E-state index is 6.17. The van der Waals surface area contributed by atoms with Gasteiger partial charge in [0.1, 0.15) is 11.5 Å². The fourth-order valence-electron chi connectivity index (χ4n) is 1.81. The standard InChI is InChI=1S/C15H15BrClNO2/c1-19-12-4-6-14(15(8-12)20-2)18-9-10-7-11(16)3-5-13(10)17/h3-8,18H,9H2,1-2H3. The second-order valence-electron chi connectivity index (χ2n) is 4.16. The quantitative estimate of drug-likeness (QED) is 0.840. The van der Waals surface area contributed by atoms with Crippen LogP contribution in [0.2, 0.25) is 5.02 Å². The molecule has 0 aliphatic heterocycles. The van der Waals surface area contributed by atoms with Gasteiger partial charge in [-0.05, 0) is 35.9 Å². The zero-order valence-corrected chi connectivity index (χ0v) is 13.6. The molecule has 2 aromatic rings. The van der Waals surface area contributed by atoms with Gasteiger partial charge in [0, 0.05) is 22.1 Å². The van der Waals surface area contributed by atoms with E-state index in [2.05, 4.69) is 21.2 Å². The molecule has 0 aromatic heterocycles. The topological polar surface area (TPSA) is 30.5 Å². The molecule has 0 atom stereocenters. The van der Waals surface area contributed by atoms with Gasteiger partial charge in [0.2, 0.25) is 0 Å². The summed E-state index contributed by atoms with van der Waals surface area (Å²) < 4.78 is 11.5. The molecule has 3 nitrogen and oxygen atoms in total. The first-order chi connectivity index (χ1) is 9.63. The van der Waals surface area contributed by atoms with Gasteiger partial charge in [-0.25, -0.2) is 0 Å². The van der Waals surface area contributed by atoms with Crippen LogP contribution in [0.15, 0.2) is 40.9 Å². The van der Waals surface area contributed by atoms with Crippen LogP contribution in [-0.4, -0.2) is 14.2 Å². The molecule has 0 amide bonds. The summed E-state index contributed by atoms with van der Waals surface area (Å²) in [6.07, 6.45) is 0. The van der Waals surface area contributed by atoms with Crippen molar-refractivity contribution in [2.24, 2.45) is 0 Å². The van der Waals surface area contributed by atoms with Gasteiger partial charge in [0.05, 0.1) is 19.9 Å². The predicted molar refractivity (Wildman–Crippen MR) is 86.0 cm³/mol. The van der Waals surface area contributed by atoms with Crippen LogP contribution < -0.4 is 14.8 Å². The SMILES string of the molecule is COc1ccc(NCc2cc(Br)ccc2Cl)c(OC)c1. The monoisotopic (exact) mass is 355 g/mol. The molecule has 0 bridgehead atoms. The Kier molecular flexibility index (Phi) is 5.15. The summed E-state index contributed by atoms with van der Waals surface area (Å²) in [4.78, 5) is 0. The molecular weight excluding hydrogens is 342 g/mol. The van der Waals surface area contributed by atoms with Crippen molar-refractivity contribution in [3.05, 3.63) is 51.5 Å². The minimum atomic E-state index is 0.612. The van der Waals surface area contributed by atoms with Crippen molar-refractivity contribution in [2.45, 2.75) is 6.54 Å². The Morgan fingerprint density at radius 3 is 2.60 bits per heavy atom. The molecule has 0 aliphatic carbocycles. The highest BCUT2D eigenvalue weighted by Gasteiger charge is 2.06. The van der Waals surface area contributed by atoms with E-state index < -0.39 is 0 Å². The molecule has 0 heterocycles. The molecule has 0 radical (unpaired) electrons. The van der Waals surface area contributed by atoms with Crippen LogP contribution in [0.25, 0.3) is 0 Å². The highest BCUT2D eigenvalue weighted by Crippen LogP contribution is 2.30. The number of benzene rings is 2. The largest absolute Gasteiger partial charge is 0.497 e. The van der Waals surface area contributed by atoms with Gasteiger partial charge < -0.3 is 14.8 Å². The number of methoxy groups -OCH3 is 2. The van der Waals surface area contributed by atoms with E-state index in [1.54, 1.807) is 14.2 Å². The van der Waals surface area contributed by atoms with Gasteiger partial charge in [-0.3, -0.25) is 0 Å². The smallest absolute Gasteiger partial charge is 0.145 e. The Hall–Kier alpha value is -1.39. The minimum absolute atomic E-state index is 0.612. The summed E-state index contributed by atoms with van der Waals surface area (Å²) in [5.41, 5.74) is 1.91. The molecule has 2 rings (SSSR count). The van der Waals surface area contributed by atoms with Crippen LogP contribution >= 0.6 is 27.5 Å². The first kappa shape index (κ1) is 15.0. The van der Waals surface area contributed by atoms with Crippen molar-refractivity contribution in [3.63, 3.8) is 0 Å². The molecule has 20 heavy (non-hydrogen) atoms. The number of anilines is 1. The van der Waals surface area contributed by atoms with Crippen LogP contribution in [-0.2, 0) is 6.54 Å². The Balaban J connectivity index is 2.16. The second-order valence-corrected chi connectivity index (χ2v) is 5.48. The lowest BCUT2D eigenvalue weighted by atomic mass is 10.2. The van der Waals surface area contributed by atoms with Gasteiger partial charge in [0.25, 0.3) is 0 Å². The first-order valence-electron chi connectivity index (χ1n) is 6.04. The number of nitrogens with one attached hydrogen (secondary N) is 1. The molecular formula is C15H15BrClNO2. The van der Waals surface area contributed by atoms with Gasteiger partial charge in [-0.2, -0.15) is 0 Å². The van der Waals surface area contributed by atoms with Crippen molar-refractivity contribution >= 4 is 33.2 Å². The molecule has 0 aliphatic rings. The van der Waals surface area contributed by atoms with Gasteiger partial charge in [-0.15, -0.1) is 0 Å². The lowest BCUT2D eigenvalue weighted by molar-refractivity contribution is 0.395. The highest BCUT2D eigenvalue weighted by atomic mass is 79.9. The van der Waals surface area contributed by atoms with Crippen molar-refractivity contribution in [3.8, 4) is 11.5 Å². The van der Waals surface area contributed by atoms with Crippen LogP contribution in [0.4, 0.5) is 5.69 Å². The maximum Gasteiger partial charge on any atom is 0.145 e. The van der Waals surface area contributed by atoms with E-state index in [1.807, 2.05) is 36.4 Å². The van der Waals surface area contributed by atoms with E-state index in [-0.39, 0.29) is 0 Å². The zero-order chi connectivity index (χ0) is 14.5. The van der Waals surface area contributed by atoms with E-state index in [9.17, 15) is 0 Å². The summed E-state index contributed by atoms with van der Waals surface area (Å²) >= 11 is 9.61. The Morgan fingerprint density at radius 2 is 1.90 bits per heavy atom. The summed E-state index contributed by atoms with van der Waals surface area (Å²) in [6.45, 7) is 0.612. The molecule has 1 N–H and O–H groups in total. The van der Waals surface area contributed by atoms with E-state index in [0.717, 1.165) is 32.2 Å². The third-order valence-corrected chi connectivity index (χ3v) is 3.75. The number of halogens is 2. The van der Waals surface area contributed by atoms with Crippen LogP contribution in [0.5, 0.6) is 11.5 Å². The van der Waals surface area contributed by atoms with Crippen molar-refractivity contribution in [1.29, 1.82) is 0 Å². The third kappa shape index (κ3) is 3.58. The Bertz CT molecular complexity index is 604. The van der Waals surface area contributed by atoms with E-state index in [0.29, 0.717) is 6.54 Å². The summed E-state index contributed by atoms with van der Waals surface area (Å²) in [5, 5.41) is 4.04. The Labute approximate surface area is 132 Å². The van der Waals surface area contributed by atoms with Gasteiger partial charge >= 0.3 is 0 Å². The highest BCUT2D eigenvalue weighted by molar-refractivity contribution is 9.10. The number of hydrogen-bond donors (Lipinski definition) is 1. The van der Waals surface area contributed by atoms with Crippen molar-refractivity contribution in [2.75, 3.05) is 19.5 Å². The van der Waals surface area contributed by atoms with E-state index in [1.165, 1.54) is 0 Å². The predicted octanol–water partition coefficient (Wildman–Crippen LogP) is 4.73. The normalized spacial score (nSPS) is 10.2. The molecule has 0 unspecified atom stereocenters. The fourth-order valence-corrected chi connectivity index (χ4v) is 2.41. The average molecular weight is 357 g/mol. The molecule has 2 aromatic carbocycles. The minimum Gasteiger partial charge on any atom is -0.497 e. The summed E-state index contributed by atoms with van der Waals surface area (Å²) in [6, 6.07) is 11.4. The molecule has 0 saturated carbocycles. The van der Waals surface area contributed by atoms with E-state index in [4.69, 9.17) is 21.1 Å². The van der Waals surface area contributed by atoms with Gasteiger partial charge in [-0.1, -0.05) is 27.5 Å². The lowest BCUT2D eigenvalue weighted by Gasteiger charge is -2.13. The first-order valence-corrected chi connectivity index (χ1v) is 7.21. The molecule has 0 saturated heterocycles. The molecule has 5 heteroatoms. The summed E-state index contributed by atoms with van der Waals surface area (Å²) in [5.74, 6) is 1.49. The third-order valence-electron chi connectivity index (χ3n) is 2.89. The summed E-state index contributed by atoms with van der Waals surface area (Å²) in [7, 11) is 3.26. The molecule has 0 fully saturated rings. The lowest BCUT2D eigenvalue weighted by Crippen LogP contribution is -2.02. The molecule has 0 spiro atoms.